The van der Waals surface area contributed by atoms with E-state index in [0.29, 0.717) is 24.0 Å². The van der Waals surface area contributed by atoms with Crippen LogP contribution in [0.25, 0.3) is 10.9 Å². The van der Waals surface area contributed by atoms with Crippen LogP contribution < -0.4 is 10.1 Å². The molecule has 0 unspecified atom stereocenters. The maximum Gasteiger partial charge on any atom is 0.224 e. The summed E-state index contributed by atoms with van der Waals surface area (Å²) >= 11 is 6.13. The Labute approximate surface area is 206 Å². The zero-order valence-corrected chi connectivity index (χ0v) is 20.5. The molecule has 0 bridgehead atoms. The van der Waals surface area contributed by atoms with Crippen molar-refractivity contribution in [1.82, 2.24) is 14.9 Å². The minimum atomic E-state index is -0.434. The number of aromatic nitrogens is 2. The Morgan fingerprint density at radius 3 is 2.47 bits per heavy atom. The van der Waals surface area contributed by atoms with Crippen molar-refractivity contribution in [3.8, 4) is 5.75 Å². The van der Waals surface area contributed by atoms with Crippen LogP contribution in [0.5, 0.6) is 5.75 Å². The van der Waals surface area contributed by atoms with Crippen LogP contribution in [-0.4, -0.2) is 60.4 Å². The summed E-state index contributed by atoms with van der Waals surface area (Å²) in [5.41, 5.74) is 0.487. The van der Waals surface area contributed by atoms with Crippen molar-refractivity contribution in [1.29, 1.82) is 0 Å². The Morgan fingerprint density at radius 1 is 1.06 bits per heavy atom. The van der Waals surface area contributed by atoms with Crippen LogP contribution >= 0.6 is 36.4 Å². The van der Waals surface area contributed by atoms with Gasteiger partial charge in [0.25, 0.3) is 0 Å². The van der Waals surface area contributed by atoms with E-state index in [0.717, 1.165) is 51.1 Å². The van der Waals surface area contributed by atoms with Crippen molar-refractivity contribution in [2.75, 3.05) is 44.8 Å². The van der Waals surface area contributed by atoms with Gasteiger partial charge in [0.15, 0.2) is 11.6 Å². The van der Waals surface area contributed by atoms with E-state index in [1.807, 2.05) is 0 Å². The molecule has 4 rings (SSSR count). The van der Waals surface area contributed by atoms with Crippen molar-refractivity contribution in [3.63, 3.8) is 0 Å². The first-order valence-corrected chi connectivity index (χ1v) is 11.4. The predicted octanol–water partition coefficient (Wildman–Crippen LogP) is 5.50. The molecule has 0 spiro atoms. The minimum Gasteiger partial charge on any atom is -0.489 e. The van der Waals surface area contributed by atoms with Crippen LogP contribution in [-0.2, 0) is 4.74 Å². The van der Waals surface area contributed by atoms with E-state index in [4.69, 9.17) is 21.1 Å². The summed E-state index contributed by atoms with van der Waals surface area (Å²) in [7, 11) is 0. The fraction of sp³-hybridized carbons (Fsp3) is 0.636. The van der Waals surface area contributed by atoms with Crippen molar-refractivity contribution in [3.05, 3.63) is 23.2 Å². The third-order valence-electron chi connectivity index (χ3n) is 5.94. The second-order valence-electron chi connectivity index (χ2n) is 8.13. The van der Waals surface area contributed by atoms with Gasteiger partial charge in [0.1, 0.15) is 12.4 Å². The molecular weight excluding hydrogens is 478 g/mol. The lowest BCUT2D eigenvalue weighted by atomic mass is 9.96. The van der Waals surface area contributed by atoms with E-state index < -0.39 is 5.82 Å². The first-order valence-electron chi connectivity index (χ1n) is 11.1. The standard InChI is InChI=1S/C22H30ClFN4O2.2ClH/c23-22-26-19-15-18(24)20(30-13-10-28-8-11-29-12-9-28)14-17(19)21(27-22)25-16-6-4-2-1-3-5-7-16;;/h14-16H,1-13H2,(H,25,26,27);2*1H. The van der Waals surface area contributed by atoms with Gasteiger partial charge in [-0.15, -0.1) is 24.8 Å². The first-order chi connectivity index (χ1) is 14.7. The fourth-order valence-corrected chi connectivity index (χ4v) is 4.40. The van der Waals surface area contributed by atoms with Crippen LogP contribution in [0.3, 0.4) is 0 Å². The SMILES string of the molecule is Cl.Cl.Fc1cc2nc(Cl)nc(NC3CCCCCCC3)c2cc1OCCN1CCOCC1. The van der Waals surface area contributed by atoms with Gasteiger partial charge < -0.3 is 14.8 Å². The summed E-state index contributed by atoms with van der Waals surface area (Å²) in [6, 6.07) is 3.43. The normalized spacial score (nSPS) is 18.2. The van der Waals surface area contributed by atoms with E-state index in [2.05, 4.69) is 20.2 Å². The second kappa shape index (κ2) is 13.6. The molecule has 1 saturated heterocycles. The third-order valence-corrected chi connectivity index (χ3v) is 6.11. The predicted molar refractivity (Wildman–Crippen MR) is 131 cm³/mol. The second-order valence-corrected chi connectivity index (χ2v) is 8.47. The van der Waals surface area contributed by atoms with Gasteiger partial charge in [0, 0.05) is 37.1 Å². The van der Waals surface area contributed by atoms with Crippen LogP contribution in [0.15, 0.2) is 12.1 Å². The molecule has 1 aromatic heterocycles. The molecule has 1 saturated carbocycles. The zero-order valence-electron chi connectivity index (χ0n) is 18.2. The Hall–Kier alpha value is -1.12. The molecule has 1 aliphatic carbocycles. The molecule has 2 aliphatic rings. The molecule has 180 valence electrons. The minimum absolute atomic E-state index is 0. The lowest BCUT2D eigenvalue weighted by Crippen LogP contribution is -2.38. The lowest BCUT2D eigenvalue weighted by Gasteiger charge is -2.26. The maximum atomic E-state index is 14.6. The van der Waals surface area contributed by atoms with Crippen LogP contribution in [0.4, 0.5) is 10.2 Å². The van der Waals surface area contributed by atoms with Crippen LogP contribution in [0.2, 0.25) is 5.28 Å². The molecule has 0 radical (unpaired) electrons. The van der Waals surface area contributed by atoms with E-state index in [1.165, 1.54) is 38.2 Å². The number of nitrogens with zero attached hydrogens (tertiary/aromatic N) is 3. The van der Waals surface area contributed by atoms with Crippen molar-refractivity contribution >= 4 is 53.1 Å². The number of fused-ring (bicyclic) bond motifs is 1. The number of nitrogens with one attached hydrogen (secondary N) is 1. The monoisotopic (exact) mass is 508 g/mol. The molecule has 0 atom stereocenters. The summed E-state index contributed by atoms with van der Waals surface area (Å²) in [4.78, 5) is 10.9. The maximum absolute atomic E-state index is 14.6. The number of rotatable bonds is 6. The van der Waals surface area contributed by atoms with E-state index in [9.17, 15) is 4.39 Å². The summed E-state index contributed by atoms with van der Waals surface area (Å²) in [5.74, 6) is 0.451. The summed E-state index contributed by atoms with van der Waals surface area (Å²) in [6.07, 6.45) is 8.49. The van der Waals surface area contributed by atoms with Crippen molar-refractivity contribution in [2.45, 2.75) is 51.0 Å². The third kappa shape index (κ3) is 7.45. The van der Waals surface area contributed by atoms with Crippen molar-refractivity contribution in [2.24, 2.45) is 0 Å². The number of benzene rings is 1. The molecule has 32 heavy (non-hydrogen) atoms. The van der Waals surface area contributed by atoms with Gasteiger partial charge in [-0.25, -0.2) is 14.4 Å². The molecule has 2 heterocycles. The quantitative estimate of drug-likeness (QED) is 0.519. The number of ether oxygens (including phenoxy) is 2. The number of hydrogen-bond acceptors (Lipinski definition) is 6. The van der Waals surface area contributed by atoms with Gasteiger partial charge in [0.05, 0.1) is 18.7 Å². The van der Waals surface area contributed by atoms with Gasteiger partial charge in [-0.2, -0.15) is 0 Å². The molecule has 10 heteroatoms. The molecule has 2 aromatic rings. The van der Waals surface area contributed by atoms with Crippen molar-refractivity contribution < 1.29 is 13.9 Å². The Balaban J connectivity index is 0.00000181. The topological polar surface area (TPSA) is 59.5 Å². The van der Waals surface area contributed by atoms with Gasteiger partial charge in [-0.3, -0.25) is 4.90 Å². The van der Waals surface area contributed by atoms with E-state index >= 15 is 0 Å². The van der Waals surface area contributed by atoms with Gasteiger partial charge >= 0.3 is 0 Å². The highest BCUT2D eigenvalue weighted by atomic mass is 35.5. The molecule has 2 fully saturated rings. The number of morpholine rings is 1. The Morgan fingerprint density at radius 2 is 1.75 bits per heavy atom. The van der Waals surface area contributed by atoms with E-state index in [1.54, 1.807) is 6.07 Å². The Kier molecular flexibility index (Phi) is 11.5. The number of anilines is 1. The molecule has 6 nitrogen and oxygen atoms in total. The fourth-order valence-electron chi connectivity index (χ4n) is 4.23. The molecular formula is C22H32Cl3FN4O2. The largest absolute Gasteiger partial charge is 0.489 e. The zero-order chi connectivity index (χ0) is 20.8. The summed E-state index contributed by atoms with van der Waals surface area (Å²) in [5, 5.41) is 4.41. The van der Waals surface area contributed by atoms with E-state index in [-0.39, 0.29) is 35.8 Å². The van der Waals surface area contributed by atoms with Crippen LogP contribution in [0.1, 0.15) is 44.9 Å². The highest BCUT2D eigenvalue weighted by molar-refractivity contribution is 6.28. The number of hydrogen-bond donors (Lipinski definition) is 1. The molecule has 1 aromatic carbocycles. The molecule has 1 N–H and O–H groups in total. The molecule has 0 amide bonds. The average Bonchev–Trinajstić information content (AvgIpc) is 2.71. The highest BCUT2D eigenvalue weighted by Gasteiger charge is 2.17. The summed E-state index contributed by atoms with van der Waals surface area (Å²) < 4.78 is 25.8. The smallest absolute Gasteiger partial charge is 0.224 e. The highest BCUT2D eigenvalue weighted by Crippen LogP contribution is 2.31. The van der Waals surface area contributed by atoms with Gasteiger partial charge in [-0.1, -0.05) is 32.1 Å². The van der Waals surface area contributed by atoms with Gasteiger partial charge in [0.2, 0.25) is 5.28 Å². The average molecular weight is 510 g/mol. The molecule has 1 aliphatic heterocycles. The Bertz CT molecular complexity index is 848. The number of halogens is 4. The van der Waals surface area contributed by atoms with Gasteiger partial charge in [-0.05, 0) is 30.5 Å². The summed E-state index contributed by atoms with van der Waals surface area (Å²) in [6.45, 7) is 4.39. The first kappa shape index (κ1) is 27.1. The van der Waals surface area contributed by atoms with Crippen LogP contribution in [0, 0.1) is 5.82 Å². The lowest BCUT2D eigenvalue weighted by molar-refractivity contribution is 0.0320.